The predicted octanol–water partition coefficient (Wildman–Crippen LogP) is 2.07. The molecule has 1 aliphatic heterocycles. The third-order valence-corrected chi connectivity index (χ3v) is 4.06. The highest BCUT2D eigenvalue weighted by atomic mass is 32.2. The summed E-state index contributed by atoms with van der Waals surface area (Å²) in [5, 5.41) is 11.6. The molecule has 0 saturated carbocycles. The van der Waals surface area contributed by atoms with Crippen LogP contribution in [0.2, 0.25) is 0 Å². The van der Waals surface area contributed by atoms with Crippen molar-refractivity contribution in [3.05, 3.63) is 23.8 Å². The number of nitrogens with zero attached hydrogens (tertiary/aromatic N) is 2. The standard InChI is InChI=1S/C13H15N3OS/c1-9-13(17)15-11-7-10(3-4-12(11)18-9)5-6-16(2)8-14/h3-4,7,9H,5-6H2,1-2H3,(H,15,17). The van der Waals surface area contributed by atoms with Crippen LogP contribution in [0.15, 0.2) is 23.1 Å². The lowest BCUT2D eigenvalue weighted by atomic mass is 10.1. The monoisotopic (exact) mass is 261 g/mol. The van der Waals surface area contributed by atoms with Crippen molar-refractivity contribution in [3.63, 3.8) is 0 Å². The zero-order valence-corrected chi connectivity index (χ0v) is 11.3. The van der Waals surface area contributed by atoms with E-state index in [0.717, 1.165) is 22.6 Å². The minimum absolute atomic E-state index is 0.0342. The van der Waals surface area contributed by atoms with Crippen molar-refractivity contribution in [1.82, 2.24) is 4.90 Å². The van der Waals surface area contributed by atoms with E-state index in [1.807, 2.05) is 19.1 Å². The Morgan fingerprint density at radius 1 is 1.56 bits per heavy atom. The van der Waals surface area contributed by atoms with Crippen molar-refractivity contribution in [2.24, 2.45) is 0 Å². The number of carbonyl (C=O) groups excluding carboxylic acids is 1. The quantitative estimate of drug-likeness (QED) is 0.668. The first-order valence-electron chi connectivity index (χ1n) is 5.81. The Balaban J connectivity index is 2.11. The number of fused-ring (bicyclic) bond motifs is 1. The lowest BCUT2D eigenvalue weighted by molar-refractivity contribution is -0.115. The molecule has 0 fully saturated rings. The Morgan fingerprint density at radius 3 is 3.06 bits per heavy atom. The number of rotatable bonds is 3. The summed E-state index contributed by atoms with van der Waals surface area (Å²) in [6, 6.07) is 6.09. The summed E-state index contributed by atoms with van der Waals surface area (Å²) in [6.45, 7) is 2.59. The number of carbonyl (C=O) groups is 1. The minimum atomic E-state index is -0.0342. The lowest BCUT2D eigenvalue weighted by Gasteiger charge is -2.22. The summed E-state index contributed by atoms with van der Waals surface area (Å²) < 4.78 is 0. The molecule has 0 radical (unpaired) electrons. The van der Waals surface area contributed by atoms with Gasteiger partial charge in [-0.25, -0.2) is 0 Å². The van der Waals surface area contributed by atoms with Crippen LogP contribution in [0.5, 0.6) is 0 Å². The third-order valence-electron chi connectivity index (χ3n) is 2.88. The number of thioether (sulfide) groups is 1. The average molecular weight is 261 g/mol. The molecule has 1 atom stereocenters. The maximum Gasteiger partial charge on any atom is 0.237 e. The third kappa shape index (κ3) is 2.77. The summed E-state index contributed by atoms with van der Waals surface area (Å²) >= 11 is 1.58. The van der Waals surface area contributed by atoms with Crippen molar-refractivity contribution < 1.29 is 4.79 Å². The Morgan fingerprint density at radius 2 is 2.33 bits per heavy atom. The van der Waals surface area contributed by atoms with Crippen LogP contribution in [0.1, 0.15) is 12.5 Å². The van der Waals surface area contributed by atoms with Crippen LogP contribution in [-0.4, -0.2) is 29.6 Å². The van der Waals surface area contributed by atoms with Gasteiger partial charge >= 0.3 is 0 Å². The van der Waals surface area contributed by atoms with Gasteiger partial charge in [-0.05, 0) is 31.0 Å². The molecule has 1 amide bonds. The molecule has 1 unspecified atom stereocenters. The molecule has 0 aromatic heterocycles. The molecule has 1 aliphatic rings. The summed E-state index contributed by atoms with van der Waals surface area (Å²) in [6.07, 6.45) is 2.87. The van der Waals surface area contributed by atoms with Crippen molar-refractivity contribution in [3.8, 4) is 6.19 Å². The number of amides is 1. The molecule has 0 spiro atoms. The second kappa shape index (κ2) is 5.32. The van der Waals surface area contributed by atoms with Crippen LogP contribution in [0.3, 0.4) is 0 Å². The first kappa shape index (κ1) is 12.8. The van der Waals surface area contributed by atoms with Gasteiger partial charge in [-0.1, -0.05) is 6.07 Å². The topological polar surface area (TPSA) is 56.1 Å². The molecular formula is C13H15N3OS. The number of benzene rings is 1. The SMILES string of the molecule is CC1Sc2ccc(CCN(C)C#N)cc2NC1=O. The molecule has 0 aliphatic carbocycles. The van der Waals surface area contributed by atoms with Crippen molar-refractivity contribution >= 4 is 23.4 Å². The summed E-state index contributed by atoms with van der Waals surface area (Å²) in [5.41, 5.74) is 2.02. The molecule has 1 aromatic rings. The zero-order valence-electron chi connectivity index (χ0n) is 10.4. The Labute approximate surface area is 111 Å². The molecule has 1 N–H and O–H groups in total. The summed E-state index contributed by atoms with van der Waals surface area (Å²) in [7, 11) is 1.76. The van der Waals surface area contributed by atoms with E-state index in [2.05, 4.69) is 17.6 Å². The van der Waals surface area contributed by atoms with Crippen LogP contribution in [0.25, 0.3) is 0 Å². The number of anilines is 1. The van der Waals surface area contributed by atoms with E-state index in [0.29, 0.717) is 6.54 Å². The van der Waals surface area contributed by atoms with Gasteiger partial charge in [0.05, 0.1) is 10.9 Å². The highest BCUT2D eigenvalue weighted by molar-refractivity contribution is 8.00. The maximum absolute atomic E-state index is 11.6. The molecule has 4 nitrogen and oxygen atoms in total. The Hall–Kier alpha value is -1.67. The lowest BCUT2D eigenvalue weighted by Crippen LogP contribution is -2.26. The fourth-order valence-corrected chi connectivity index (χ4v) is 2.69. The number of likely N-dealkylation sites (N-methyl/N-ethyl adjacent to an activating group) is 1. The van der Waals surface area contributed by atoms with Gasteiger partial charge in [0.2, 0.25) is 5.91 Å². The largest absolute Gasteiger partial charge is 0.324 e. The summed E-state index contributed by atoms with van der Waals surface area (Å²) in [5.74, 6) is 0.0544. The van der Waals surface area contributed by atoms with Gasteiger partial charge in [-0.3, -0.25) is 4.79 Å². The van der Waals surface area contributed by atoms with Crippen LogP contribution < -0.4 is 5.32 Å². The molecule has 1 heterocycles. The fraction of sp³-hybridized carbons (Fsp3) is 0.385. The van der Waals surface area contributed by atoms with E-state index >= 15 is 0 Å². The smallest absolute Gasteiger partial charge is 0.237 e. The predicted molar refractivity (Wildman–Crippen MR) is 72.3 cm³/mol. The molecular weight excluding hydrogens is 246 g/mol. The van der Waals surface area contributed by atoms with Gasteiger partial charge in [0.1, 0.15) is 0 Å². The number of nitriles is 1. The van der Waals surface area contributed by atoms with Crippen LogP contribution in [-0.2, 0) is 11.2 Å². The second-order valence-corrected chi connectivity index (χ2v) is 5.73. The second-order valence-electron chi connectivity index (χ2n) is 4.35. The molecule has 94 valence electrons. The van der Waals surface area contributed by atoms with Gasteiger partial charge in [0, 0.05) is 18.5 Å². The van der Waals surface area contributed by atoms with Gasteiger partial charge < -0.3 is 10.2 Å². The highest BCUT2D eigenvalue weighted by Crippen LogP contribution is 2.35. The molecule has 0 bridgehead atoms. The van der Waals surface area contributed by atoms with Crippen molar-refractivity contribution in [2.45, 2.75) is 23.5 Å². The fourth-order valence-electron chi connectivity index (χ4n) is 1.76. The molecule has 5 heteroatoms. The van der Waals surface area contributed by atoms with E-state index < -0.39 is 0 Å². The Bertz CT molecular complexity index is 509. The first-order chi connectivity index (χ1) is 8.60. The van der Waals surface area contributed by atoms with Gasteiger partial charge in [-0.15, -0.1) is 11.8 Å². The summed E-state index contributed by atoms with van der Waals surface area (Å²) in [4.78, 5) is 14.3. The van der Waals surface area contributed by atoms with Gasteiger partial charge in [0.25, 0.3) is 0 Å². The molecule has 0 saturated heterocycles. The molecule has 18 heavy (non-hydrogen) atoms. The average Bonchev–Trinajstić information content (AvgIpc) is 2.37. The van der Waals surface area contributed by atoms with E-state index in [-0.39, 0.29) is 11.2 Å². The van der Waals surface area contributed by atoms with Crippen molar-refractivity contribution in [1.29, 1.82) is 5.26 Å². The van der Waals surface area contributed by atoms with Crippen molar-refractivity contribution in [2.75, 3.05) is 18.9 Å². The highest BCUT2D eigenvalue weighted by Gasteiger charge is 2.22. The van der Waals surface area contributed by atoms with Gasteiger partial charge in [-0.2, -0.15) is 5.26 Å². The van der Waals surface area contributed by atoms with Gasteiger partial charge in [0.15, 0.2) is 6.19 Å². The Kier molecular flexibility index (Phi) is 3.78. The first-order valence-corrected chi connectivity index (χ1v) is 6.69. The van der Waals surface area contributed by atoms with E-state index in [1.165, 1.54) is 0 Å². The van der Waals surface area contributed by atoms with Crippen LogP contribution >= 0.6 is 11.8 Å². The number of nitrogens with one attached hydrogen (secondary N) is 1. The van der Waals surface area contributed by atoms with E-state index in [1.54, 1.807) is 23.7 Å². The van der Waals surface area contributed by atoms with E-state index in [4.69, 9.17) is 5.26 Å². The zero-order chi connectivity index (χ0) is 13.1. The minimum Gasteiger partial charge on any atom is -0.324 e. The molecule has 1 aromatic carbocycles. The maximum atomic E-state index is 11.6. The number of hydrogen-bond acceptors (Lipinski definition) is 4. The normalized spacial score (nSPS) is 17.6. The van der Waals surface area contributed by atoms with Crippen LogP contribution in [0.4, 0.5) is 5.69 Å². The molecule has 2 rings (SSSR count). The number of hydrogen-bond donors (Lipinski definition) is 1. The van der Waals surface area contributed by atoms with Crippen LogP contribution in [0, 0.1) is 11.5 Å². The van der Waals surface area contributed by atoms with E-state index in [9.17, 15) is 4.79 Å².